The Morgan fingerprint density at radius 2 is 1.92 bits per heavy atom. The van der Waals surface area contributed by atoms with Crippen LogP contribution in [0, 0.1) is 0 Å². The van der Waals surface area contributed by atoms with Gasteiger partial charge in [-0.15, -0.1) is 5.10 Å². The number of hydrogen-bond donors (Lipinski definition) is 2. The minimum atomic E-state index is -4.42. The van der Waals surface area contributed by atoms with Gasteiger partial charge in [-0.2, -0.15) is 13.2 Å². The molecule has 0 radical (unpaired) electrons. The maximum absolute atomic E-state index is 12.5. The van der Waals surface area contributed by atoms with Crippen molar-refractivity contribution in [1.29, 1.82) is 0 Å². The molecule has 2 aromatic heterocycles. The number of carbonyl (C=O) groups is 1. The molecule has 26 heavy (non-hydrogen) atoms. The van der Waals surface area contributed by atoms with Crippen molar-refractivity contribution in [3.05, 3.63) is 66.2 Å². The molecule has 0 fully saturated rings. The van der Waals surface area contributed by atoms with Crippen molar-refractivity contribution >= 4 is 11.7 Å². The van der Waals surface area contributed by atoms with Crippen LogP contribution in [0.2, 0.25) is 0 Å². The van der Waals surface area contributed by atoms with Crippen LogP contribution in [0.3, 0.4) is 0 Å². The number of rotatable bonds is 4. The van der Waals surface area contributed by atoms with Crippen molar-refractivity contribution in [2.45, 2.75) is 12.7 Å². The summed E-state index contributed by atoms with van der Waals surface area (Å²) < 4.78 is 39.0. The van der Waals surface area contributed by atoms with Crippen molar-refractivity contribution in [1.82, 2.24) is 25.3 Å². The Morgan fingerprint density at radius 1 is 1.15 bits per heavy atom. The molecule has 134 valence electrons. The molecule has 7 nitrogen and oxygen atoms in total. The number of anilines is 1. The van der Waals surface area contributed by atoms with Gasteiger partial charge in [-0.1, -0.05) is 5.21 Å². The van der Waals surface area contributed by atoms with Crippen molar-refractivity contribution in [3.63, 3.8) is 0 Å². The van der Waals surface area contributed by atoms with Gasteiger partial charge in [-0.3, -0.25) is 4.98 Å². The number of benzene rings is 1. The second-order valence-corrected chi connectivity index (χ2v) is 5.25. The third-order valence-electron chi connectivity index (χ3n) is 3.35. The van der Waals surface area contributed by atoms with Gasteiger partial charge in [0.2, 0.25) is 0 Å². The Kier molecular flexibility index (Phi) is 4.83. The smallest absolute Gasteiger partial charge is 0.332 e. The van der Waals surface area contributed by atoms with Crippen LogP contribution in [-0.4, -0.2) is 26.0 Å². The monoisotopic (exact) mass is 362 g/mol. The molecule has 0 aliphatic heterocycles. The summed E-state index contributed by atoms with van der Waals surface area (Å²) in [6.07, 6.45) is 0.466. The molecule has 2 amide bonds. The van der Waals surface area contributed by atoms with Crippen molar-refractivity contribution < 1.29 is 18.0 Å². The lowest BCUT2D eigenvalue weighted by atomic mass is 10.2. The maximum Gasteiger partial charge on any atom is 0.416 e. The van der Waals surface area contributed by atoms with Crippen LogP contribution in [0.5, 0.6) is 0 Å². The van der Waals surface area contributed by atoms with Gasteiger partial charge in [0.1, 0.15) is 5.69 Å². The second-order valence-electron chi connectivity index (χ2n) is 5.25. The summed E-state index contributed by atoms with van der Waals surface area (Å²) >= 11 is 0. The zero-order valence-corrected chi connectivity index (χ0v) is 13.2. The highest BCUT2D eigenvalue weighted by Crippen LogP contribution is 2.29. The van der Waals surface area contributed by atoms with Crippen LogP contribution < -0.4 is 10.6 Å². The van der Waals surface area contributed by atoms with Crippen LogP contribution in [0.4, 0.5) is 23.7 Å². The maximum atomic E-state index is 12.5. The quantitative estimate of drug-likeness (QED) is 0.747. The molecular formula is C16H13F3N6O. The molecule has 0 saturated heterocycles. The van der Waals surface area contributed by atoms with Crippen molar-refractivity contribution in [2.24, 2.45) is 0 Å². The predicted molar refractivity (Wildman–Crippen MR) is 86.5 cm³/mol. The number of amides is 2. The minimum Gasteiger partial charge on any atom is -0.332 e. The lowest BCUT2D eigenvalue weighted by molar-refractivity contribution is -0.137. The van der Waals surface area contributed by atoms with Crippen LogP contribution in [0.1, 0.15) is 11.3 Å². The Hall–Kier alpha value is -3.43. The predicted octanol–water partition coefficient (Wildman–Crippen LogP) is 3.00. The van der Waals surface area contributed by atoms with E-state index in [0.29, 0.717) is 5.69 Å². The van der Waals surface area contributed by atoms with Crippen LogP contribution in [0.25, 0.3) is 5.69 Å². The van der Waals surface area contributed by atoms with Gasteiger partial charge in [0, 0.05) is 11.9 Å². The Labute approximate surface area is 145 Å². The molecule has 3 rings (SSSR count). The van der Waals surface area contributed by atoms with E-state index >= 15 is 0 Å². The van der Waals surface area contributed by atoms with Crippen LogP contribution in [0.15, 0.2) is 55.0 Å². The number of nitrogens with zero attached hydrogens (tertiary/aromatic N) is 4. The molecule has 0 atom stereocenters. The number of halogens is 3. The van der Waals surface area contributed by atoms with E-state index < -0.39 is 17.8 Å². The van der Waals surface area contributed by atoms with E-state index in [1.165, 1.54) is 16.8 Å². The van der Waals surface area contributed by atoms with Crippen molar-refractivity contribution in [3.8, 4) is 5.69 Å². The second kappa shape index (κ2) is 7.21. The normalized spacial score (nSPS) is 11.2. The van der Waals surface area contributed by atoms with Crippen LogP contribution in [-0.2, 0) is 12.7 Å². The van der Waals surface area contributed by atoms with E-state index in [2.05, 4.69) is 25.9 Å². The molecule has 0 bridgehead atoms. The number of alkyl halides is 3. The zero-order valence-electron chi connectivity index (χ0n) is 13.2. The summed E-state index contributed by atoms with van der Waals surface area (Å²) in [6, 6.07) is 7.15. The third kappa shape index (κ3) is 4.35. The molecule has 10 heteroatoms. The molecule has 0 spiro atoms. The third-order valence-corrected chi connectivity index (χ3v) is 3.35. The molecule has 1 aromatic carbocycles. The van der Waals surface area contributed by atoms with E-state index in [1.807, 2.05) is 0 Å². The first-order valence-electron chi connectivity index (χ1n) is 7.45. The number of pyridine rings is 1. The molecule has 2 N–H and O–H groups in total. The lowest BCUT2D eigenvalue weighted by Gasteiger charge is -2.09. The average Bonchev–Trinajstić information content (AvgIpc) is 3.09. The van der Waals surface area contributed by atoms with E-state index in [-0.39, 0.29) is 12.2 Å². The molecule has 0 aliphatic carbocycles. The number of hydrogen-bond acceptors (Lipinski definition) is 4. The molecule has 0 unspecified atom stereocenters. The fraction of sp³-hybridized carbons (Fsp3) is 0.125. The minimum absolute atomic E-state index is 0.104. The van der Waals surface area contributed by atoms with E-state index in [1.54, 1.807) is 30.7 Å². The van der Waals surface area contributed by atoms with E-state index in [4.69, 9.17) is 0 Å². The number of nitrogens with one attached hydrogen (secondary N) is 2. The van der Waals surface area contributed by atoms with Gasteiger partial charge in [0.15, 0.2) is 0 Å². The number of aromatic nitrogens is 4. The summed E-state index contributed by atoms with van der Waals surface area (Å²) in [5, 5.41) is 12.9. The number of carbonyl (C=O) groups excluding carboxylic acids is 1. The van der Waals surface area contributed by atoms with Gasteiger partial charge >= 0.3 is 12.2 Å². The summed E-state index contributed by atoms with van der Waals surface area (Å²) in [5.74, 6) is 0. The van der Waals surface area contributed by atoms with Gasteiger partial charge in [0.05, 0.1) is 30.2 Å². The average molecular weight is 362 g/mol. The molecule has 2 heterocycles. The van der Waals surface area contributed by atoms with Gasteiger partial charge in [-0.05, 0) is 36.4 Å². The highest BCUT2D eigenvalue weighted by Gasteiger charge is 2.29. The Bertz CT molecular complexity index is 877. The SMILES string of the molecule is O=C(NCc1cn(-c2cccnc2)nn1)Nc1ccc(C(F)(F)F)cc1. The Balaban J connectivity index is 1.54. The highest BCUT2D eigenvalue weighted by molar-refractivity contribution is 5.89. The summed E-state index contributed by atoms with van der Waals surface area (Å²) in [6.45, 7) is 0.104. The first-order chi connectivity index (χ1) is 12.4. The van der Waals surface area contributed by atoms with Gasteiger partial charge < -0.3 is 10.6 Å². The van der Waals surface area contributed by atoms with E-state index in [0.717, 1.165) is 17.8 Å². The number of urea groups is 1. The fourth-order valence-electron chi connectivity index (χ4n) is 2.08. The first-order valence-corrected chi connectivity index (χ1v) is 7.45. The fourth-order valence-corrected chi connectivity index (χ4v) is 2.08. The molecular weight excluding hydrogens is 349 g/mol. The van der Waals surface area contributed by atoms with E-state index in [9.17, 15) is 18.0 Å². The molecule has 3 aromatic rings. The van der Waals surface area contributed by atoms with Gasteiger partial charge in [-0.25, -0.2) is 9.48 Å². The van der Waals surface area contributed by atoms with Crippen LogP contribution >= 0.6 is 0 Å². The lowest BCUT2D eigenvalue weighted by Crippen LogP contribution is -2.28. The summed E-state index contributed by atoms with van der Waals surface area (Å²) in [4.78, 5) is 15.8. The summed E-state index contributed by atoms with van der Waals surface area (Å²) in [7, 11) is 0. The first kappa shape index (κ1) is 17.4. The van der Waals surface area contributed by atoms with Crippen molar-refractivity contribution in [2.75, 3.05) is 5.32 Å². The zero-order chi connectivity index (χ0) is 18.6. The Morgan fingerprint density at radius 3 is 2.58 bits per heavy atom. The summed E-state index contributed by atoms with van der Waals surface area (Å²) in [5.41, 5.74) is 0.696. The van der Waals surface area contributed by atoms with Gasteiger partial charge in [0.25, 0.3) is 0 Å². The topological polar surface area (TPSA) is 84.7 Å². The highest BCUT2D eigenvalue weighted by atomic mass is 19.4. The molecule has 0 saturated carbocycles. The largest absolute Gasteiger partial charge is 0.416 e. The standard InChI is InChI=1S/C16H13F3N6O/c17-16(18,19)11-3-5-12(6-4-11)22-15(26)21-8-13-10-25(24-23-13)14-2-1-7-20-9-14/h1-7,9-10H,8H2,(H2,21,22,26). The molecule has 0 aliphatic rings.